The molecule has 2 unspecified atom stereocenters. The van der Waals surface area contributed by atoms with Gasteiger partial charge in [-0.05, 0) is 80.0 Å². The Hall–Kier alpha value is -3.27. The predicted molar refractivity (Wildman–Crippen MR) is 139 cm³/mol. The molecular formula is C29H34F3N3O4. The van der Waals surface area contributed by atoms with Gasteiger partial charge in [0.2, 0.25) is 5.91 Å². The molecule has 2 aliphatic heterocycles. The first-order valence-electron chi connectivity index (χ1n) is 13.5. The van der Waals surface area contributed by atoms with E-state index >= 15 is 0 Å². The third-order valence-corrected chi connectivity index (χ3v) is 8.15. The van der Waals surface area contributed by atoms with E-state index in [-0.39, 0.29) is 35.4 Å². The van der Waals surface area contributed by atoms with Crippen LogP contribution in [0.1, 0.15) is 53.9 Å². The normalized spacial score (nSPS) is 22.8. The molecule has 39 heavy (non-hydrogen) atoms. The van der Waals surface area contributed by atoms with E-state index in [2.05, 4.69) is 15.0 Å². The Labute approximate surface area is 226 Å². The third-order valence-electron chi connectivity index (χ3n) is 8.15. The van der Waals surface area contributed by atoms with Crippen molar-refractivity contribution in [1.82, 2.24) is 15.1 Å². The number of likely N-dealkylation sites (tertiary alicyclic amines) is 2. The van der Waals surface area contributed by atoms with Gasteiger partial charge in [0.25, 0.3) is 5.91 Å². The summed E-state index contributed by atoms with van der Waals surface area (Å²) in [5.41, 5.74) is 1.53. The molecule has 1 aliphatic carbocycles. The zero-order valence-electron chi connectivity index (χ0n) is 22.0. The number of carbonyl (C=O) groups is 2. The lowest BCUT2D eigenvalue weighted by Crippen LogP contribution is -2.52. The lowest BCUT2D eigenvalue weighted by Gasteiger charge is -2.42. The molecule has 7 nitrogen and oxygen atoms in total. The standard InChI is InChI=1S/C29H34F3N3O4/c1-38-23-6-2-19(3-7-23)25-18-26(25)27(36)33-21-10-14-34(15-11-21)22-12-16-35(17-13-22)28(37)20-4-8-24(9-5-20)39-29(30,31)32/h2-9,21-22,25-26H,10-18H2,1H3,(H,33,36). The average Bonchev–Trinajstić information content (AvgIpc) is 3.74. The summed E-state index contributed by atoms with van der Waals surface area (Å²) >= 11 is 0. The number of nitrogens with zero attached hydrogens (tertiary/aromatic N) is 2. The summed E-state index contributed by atoms with van der Waals surface area (Å²) < 4.78 is 46.2. The van der Waals surface area contributed by atoms with Crippen LogP contribution in [0.5, 0.6) is 11.5 Å². The van der Waals surface area contributed by atoms with E-state index in [1.165, 1.54) is 29.8 Å². The molecular weight excluding hydrogens is 511 g/mol. The number of hydrogen-bond acceptors (Lipinski definition) is 5. The van der Waals surface area contributed by atoms with Crippen LogP contribution in [-0.4, -0.2) is 73.3 Å². The third kappa shape index (κ3) is 6.84. The second kappa shape index (κ2) is 11.5. The summed E-state index contributed by atoms with van der Waals surface area (Å²) in [6.07, 6.45) is -0.340. The van der Waals surface area contributed by atoms with Crippen LogP contribution in [0.2, 0.25) is 0 Å². The fourth-order valence-electron chi connectivity index (χ4n) is 5.84. The Morgan fingerprint density at radius 2 is 1.49 bits per heavy atom. The lowest BCUT2D eigenvalue weighted by molar-refractivity contribution is -0.274. The number of benzene rings is 2. The van der Waals surface area contributed by atoms with Gasteiger partial charge in [-0.3, -0.25) is 9.59 Å². The van der Waals surface area contributed by atoms with Crippen LogP contribution >= 0.6 is 0 Å². The van der Waals surface area contributed by atoms with E-state index in [1.807, 2.05) is 24.3 Å². The molecule has 1 saturated carbocycles. The molecule has 0 aromatic heterocycles. The zero-order chi connectivity index (χ0) is 27.6. The Bertz CT molecular complexity index is 1140. The summed E-state index contributed by atoms with van der Waals surface area (Å²) in [5.74, 6) is 0.784. The number of carbonyl (C=O) groups excluding carboxylic acids is 2. The van der Waals surface area contributed by atoms with Gasteiger partial charge in [-0.15, -0.1) is 13.2 Å². The van der Waals surface area contributed by atoms with E-state index in [4.69, 9.17) is 4.74 Å². The van der Waals surface area contributed by atoms with Gasteiger partial charge < -0.3 is 24.6 Å². The van der Waals surface area contributed by atoms with Crippen molar-refractivity contribution in [2.75, 3.05) is 33.3 Å². The van der Waals surface area contributed by atoms with Crippen molar-refractivity contribution in [2.24, 2.45) is 5.92 Å². The molecule has 2 aromatic rings. The first kappa shape index (κ1) is 27.3. The largest absolute Gasteiger partial charge is 0.573 e. The first-order chi connectivity index (χ1) is 18.7. The Morgan fingerprint density at radius 3 is 2.08 bits per heavy atom. The number of alkyl halides is 3. The molecule has 1 N–H and O–H groups in total. The van der Waals surface area contributed by atoms with Gasteiger partial charge >= 0.3 is 6.36 Å². The zero-order valence-corrected chi connectivity index (χ0v) is 22.0. The van der Waals surface area contributed by atoms with Crippen molar-refractivity contribution in [3.63, 3.8) is 0 Å². The lowest BCUT2D eigenvalue weighted by atomic mass is 9.97. The van der Waals surface area contributed by atoms with E-state index in [1.54, 1.807) is 12.0 Å². The molecule has 0 bridgehead atoms. The highest BCUT2D eigenvalue weighted by molar-refractivity contribution is 5.94. The van der Waals surface area contributed by atoms with E-state index in [9.17, 15) is 22.8 Å². The van der Waals surface area contributed by atoms with Crippen molar-refractivity contribution in [3.8, 4) is 11.5 Å². The highest BCUT2D eigenvalue weighted by atomic mass is 19.4. The Balaban J connectivity index is 1.02. The number of piperidine rings is 2. The molecule has 210 valence electrons. The summed E-state index contributed by atoms with van der Waals surface area (Å²) in [6.45, 7) is 3.04. The summed E-state index contributed by atoms with van der Waals surface area (Å²) in [6, 6.07) is 13.6. The fourth-order valence-corrected chi connectivity index (χ4v) is 5.84. The van der Waals surface area contributed by atoms with E-state index in [0.717, 1.165) is 50.9 Å². The van der Waals surface area contributed by atoms with Crippen LogP contribution < -0.4 is 14.8 Å². The van der Waals surface area contributed by atoms with Gasteiger partial charge in [0.1, 0.15) is 11.5 Å². The highest BCUT2D eigenvalue weighted by Gasteiger charge is 2.44. The SMILES string of the molecule is COc1ccc(C2CC2C(=O)NC2CCN(C3CCN(C(=O)c4ccc(OC(F)(F)F)cc4)CC3)CC2)cc1. The molecule has 0 radical (unpaired) electrons. The van der Waals surface area contributed by atoms with Crippen LogP contribution in [0.15, 0.2) is 48.5 Å². The number of rotatable bonds is 7. The average molecular weight is 546 g/mol. The maximum Gasteiger partial charge on any atom is 0.573 e. The molecule has 3 fully saturated rings. The van der Waals surface area contributed by atoms with E-state index in [0.29, 0.717) is 24.7 Å². The second-order valence-corrected chi connectivity index (χ2v) is 10.6. The first-order valence-corrected chi connectivity index (χ1v) is 13.5. The molecule has 2 saturated heterocycles. The fraction of sp³-hybridized carbons (Fsp3) is 0.517. The summed E-state index contributed by atoms with van der Waals surface area (Å²) in [7, 11) is 1.64. The number of methoxy groups -OCH3 is 1. The second-order valence-electron chi connectivity index (χ2n) is 10.6. The van der Waals surface area contributed by atoms with Crippen LogP contribution in [0.3, 0.4) is 0 Å². The number of nitrogens with one attached hydrogen (secondary N) is 1. The molecule has 2 heterocycles. The minimum absolute atomic E-state index is 0.0478. The maximum atomic E-state index is 12.8. The van der Waals surface area contributed by atoms with Gasteiger partial charge in [0, 0.05) is 49.7 Å². The van der Waals surface area contributed by atoms with Gasteiger partial charge in [0.05, 0.1) is 7.11 Å². The van der Waals surface area contributed by atoms with Crippen molar-refractivity contribution < 1.29 is 32.2 Å². The van der Waals surface area contributed by atoms with Crippen molar-refractivity contribution in [2.45, 2.75) is 56.5 Å². The maximum absolute atomic E-state index is 12.8. The van der Waals surface area contributed by atoms with Gasteiger partial charge in [-0.25, -0.2) is 0 Å². The monoisotopic (exact) mass is 545 g/mol. The molecule has 2 aromatic carbocycles. The van der Waals surface area contributed by atoms with Crippen LogP contribution in [-0.2, 0) is 4.79 Å². The number of amides is 2. The number of halogens is 3. The molecule has 5 rings (SSSR count). The molecule has 10 heteroatoms. The molecule has 0 spiro atoms. The Kier molecular flexibility index (Phi) is 8.02. The van der Waals surface area contributed by atoms with Crippen molar-refractivity contribution in [1.29, 1.82) is 0 Å². The number of hydrogen-bond donors (Lipinski definition) is 1. The molecule has 2 atom stereocenters. The Morgan fingerprint density at radius 1 is 0.872 bits per heavy atom. The van der Waals surface area contributed by atoms with E-state index < -0.39 is 6.36 Å². The van der Waals surface area contributed by atoms with Crippen LogP contribution in [0, 0.1) is 5.92 Å². The van der Waals surface area contributed by atoms with Crippen molar-refractivity contribution in [3.05, 3.63) is 59.7 Å². The minimum atomic E-state index is -4.76. The molecule has 3 aliphatic rings. The quantitative estimate of drug-likeness (QED) is 0.552. The highest BCUT2D eigenvalue weighted by Crippen LogP contribution is 2.48. The topological polar surface area (TPSA) is 71.1 Å². The van der Waals surface area contributed by atoms with Crippen molar-refractivity contribution >= 4 is 11.8 Å². The minimum Gasteiger partial charge on any atom is -0.497 e. The summed E-state index contributed by atoms with van der Waals surface area (Å²) in [4.78, 5) is 29.9. The van der Waals surface area contributed by atoms with Crippen LogP contribution in [0.25, 0.3) is 0 Å². The van der Waals surface area contributed by atoms with Gasteiger partial charge in [0.15, 0.2) is 0 Å². The van der Waals surface area contributed by atoms with Gasteiger partial charge in [-0.1, -0.05) is 12.1 Å². The predicted octanol–water partition coefficient (Wildman–Crippen LogP) is 4.58. The van der Waals surface area contributed by atoms with Gasteiger partial charge in [-0.2, -0.15) is 0 Å². The molecule has 2 amide bonds. The summed E-state index contributed by atoms with van der Waals surface area (Å²) in [5, 5.41) is 3.27. The smallest absolute Gasteiger partial charge is 0.497 e. The van der Waals surface area contributed by atoms with Crippen LogP contribution in [0.4, 0.5) is 13.2 Å². The number of ether oxygens (including phenoxy) is 2.